The van der Waals surface area contributed by atoms with E-state index >= 15 is 0 Å². The van der Waals surface area contributed by atoms with E-state index in [4.69, 9.17) is 19.3 Å². The minimum absolute atomic E-state index is 0.132. The van der Waals surface area contributed by atoms with Crippen molar-refractivity contribution in [2.24, 2.45) is 5.92 Å². The molecule has 0 aliphatic heterocycles. The van der Waals surface area contributed by atoms with E-state index in [9.17, 15) is 19.3 Å². The number of esters is 2. The van der Waals surface area contributed by atoms with Gasteiger partial charge in [-0.25, -0.2) is 4.57 Å². The Labute approximate surface area is 336 Å². The van der Waals surface area contributed by atoms with Crippen LogP contribution in [-0.2, 0) is 28.2 Å². The summed E-state index contributed by atoms with van der Waals surface area (Å²) in [5.41, 5.74) is 0. The number of aliphatic hydroxyl groups excluding tert-OH is 1. The van der Waals surface area contributed by atoms with Crippen molar-refractivity contribution < 1.29 is 43.0 Å². The Hall–Kier alpha value is -2.03. The molecule has 0 heterocycles. The Morgan fingerprint density at radius 3 is 1.75 bits per heavy atom. The van der Waals surface area contributed by atoms with E-state index in [1.54, 1.807) is 12.2 Å². The largest absolute Gasteiger partial charge is 0.469 e. The Morgan fingerprint density at radius 2 is 1.16 bits per heavy atom. The minimum Gasteiger partial charge on any atom is -0.462 e. The summed E-state index contributed by atoms with van der Waals surface area (Å²) in [5, 5.41) is 10.1. The SMILES string of the molecule is CCCCC/C=C\C/C=C\CC(O)/C=C\C=C\CCCC(=O)OC[C@H](COP(=O)(O)O)OC(=O)CCCCCCCCCCCCCCCCCCC(C)C. The molecule has 0 radical (unpaired) electrons. The number of hydrogen-bond acceptors (Lipinski definition) is 7. The molecule has 0 saturated heterocycles. The van der Waals surface area contributed by atoms with Crippen molar-refractivity contribution in [1.82, 2.24) is 0 Å². The van der Waals surface area contributed by atoms with Gasteiger partial charge < -0.3 is 24.4 Å². The van der Waals surface area contributed by atoms with Crippen LogP contribution < -0.4 is 0 Å². The van der Waals surface area contributed by atoms with Gasteiger partial charge in [-0.3, -0.25) is 14.1 Å². The predicted octanol–water partition coefficient (Wildman–Crippen LogP) is 12.3. The second-order valence-corrected chi connectivity index (χ2v) is 16.6. The molecule has 55 heavy (non-hydrogen) atoms. The minimum atomic E-state index is -4.79. The average molecular weight is 797 g/mol. The van der Waals surface area contributed by atoms with E-state index in [1.165, 1.54) is 103 Å². The first-order valence-corrected chi connectivity index (χ1v) is 23.4. The lowest BCUT2D eigenvalue weighted by molar-refractivity contribution is -0.161. The molecule has 1 unspecified atom stereocenters. The number of aliphatic hydroxyl groups is 1. The highest BCUT2D eigenvalue weighted by atomic mass is 31.2. The number of rotatable bonds is 39. The lowest BCUT2D eigenvalue weighted by Gasteiger charge is -2.18. The van der Waals surface area contributed by atoms with E-state index in [2.05, 4.69) is 43.5 Å². The number of phosphoric acid groups is 1. The molecule has 2 atom stereocenters. The molecular formula is C45H81O9P. The summed E-state index contributed by atoms with van der Waals surface area (Å²) in [7, 11) is -4.79. The highest BCUT2D eigenvalue weighted by Crippen LogP contribution is 2.36. The van der Waals surface area contributed by atoms with Crippen LogP contribution in [0.25, 0.3) is 0 Å². The number of carbonyl (C=O) groups excluding carboxylic acids is 2. The number of allylic oxidation sites excluding steroid dienone is 6. The molecule has 0 aliphatic rings. The summed E-state index contributed by atoms with van der Waals surface area (Å²) in [6.45, 7) is 5.89. The molecule has 0 aromatic heterocycles. The van der Waals surface area contributed by atoms with E-state index in [1.807, 2.05) is 18.2 Å². The fourth-order valence-corrected chi connectivity index (χ4v) is 6.40. The Bertz CT molecular complexity index is 1060. The van der Waals surface area contributed by atoms with Gasteiger partial charge in [0.05, 0.1) is 12.7 Å². The van der Waals surface area contributed by atoms with Crippen molar-refractivity contribution in [3.05, 3.63) is 48.6 Å². The maximum Gasteiger partial charge on any atom is 0.469 e. The molecule has 0 aromatic rings. The number of phosphoric ester groups is 1. The first-order valence-electron chi connectivity index (χ1n) is 21.9. The number of hydrogen-bond donors (Lipinski definition) is 3. The number of carbonyl (C=O) groups is 2. The van der Waals surface area contributed by atoms with Crippen LogP contribution in [0.1, 0.15) is 194 Å². The zero-order chi connectivity index (χ0) is 40.7. The molecule has 0 rings (SSSR count). The Morgan fingerprint density at radius 1 is 0.618 bits per heavy atom. The van der Waals surface area contributed by atoms with Gasteiger partial charge in [0, 0.05) is 12.8 Å². The van der Waals surface area contributed by atoms with Gasteiger partial charge in [0.2, 0.25) is 0 Å². The number of unbranched alkanes of at least 4 members (excludes halogenated alkanes) is 19. The van der Waals surface area contributed by atoms with Crippen LogP contribution in [-0.4, -0.2) is 52.3 Å². The van der Waals surface area contributed by atoms with Gasteiger partial charge in [0.25, 0.3) is 0 Å². The van der Waals surface area contributed by atoms with Gasteiger partial charge in [-0.1, -0.05) is 185 Å². The monoisotopic (exact) mass is 797 g/mol. The molecule has 0 saturated carbocycles. The van der Waals surface area contributed by atoms with Crippen LogP contribution in [0.15, 0.2) is 48.6 Å². The first-order chi connectivity index (χ1) is 26.5. The van der Waals surface area contributed by atoms with Gasteiger partial charge in [-0.2, -0.15) is 0 Å². The van der Waals surface area contributed by atoms with Crippen molar-refractivity contribution in [3.8, 4) is 0 Å². The molecule has 0 bridgehead atoms. The molecule has 0 aromatic carbocycles. The zero-order valence-corrected chi connectivity index (χ0v) is 36.0. The van der Waals surface area contributed by atoms with Gasteiger partial charge in [0.15, 0.2) is 6.10 Å². The lowest BCUT2D eigenvalue weighted by atomic mass is 10.0. The smallest absolute Gasteiger partial charge is 0.462 e. The molecule has 0 amide bonds. The second-order valence-electron chi connectivity index (χ2n) is 15.4. The Kier molecular flexibility index (Phi) is 37.4. The summed E-state index contributed by atoms with van der Waals surface area (Å²) >= 11 is 0. The standard InChI is InChI=1S/C45H81O9P/c1-4-5-6-7-8-17-21-25-30-35-42(46)36-31-26-23-28-32-37-44(47)52-39-43(40-53-55(49,50)51)54-45(48)38-33-27-22-19-16-14-12-10-9-11-13-15-18-20-24-29-34-41(2)3/h8,17,23,25-26,30-31,36,41-43,46H,4-7,9-16,18-22,24,27-29,32-35,37-40H2,1-3H3,(H2,49,50,51)/b17-8-,26-23+,30-25-,36-31-/t42?,43-/m1/s1. The molecule has 9 nitrogen and oxygen atoms in total. The normalized spacial score (nSPS) is 13.6. The van der Waals surface area contributed by atoms with Crippen LogP contribution in [0.2, 0.25) is 0 Å². The van der Waals surface area contributed by atoms with Crippen LogP contribution in [0.3, 0.4) is 0 Å². The second kappa shape index (κ2) is 38.8. The maximum atomic E-state index is 12.4. The average Bonchev–Trinajstić information content (AvgIpc) is 3.13. The highest BCUT2D eigenvalue weighted by Gasteiger charge is 2.22. The van der Waals surface area contributed by atoms with Crippen molar-refractivity contribution in [3.63, 3.8) is 0 Å². The summed E-state index contributed by atoms with van der Waals surface area (Å²) < 4.78 is 26.3. The third-order valence-corrected chi connectivity index (χ3v) is 9.84. The Balaban J connectivity index is 4.04. The van der Waals surface area contributed by atoms with Gasteiger partial charge in [0.1, 0.15) is 6.61 Å². The van der Waals surface area contributed by atoms with Crippen molar-refractivity contribution in [1.29, 1.82) is 0 Å². The van der Waals surface area contributed by atoms with E-state index in [0.29, 0.717) is 25.7 Å². The maximum absolute atomic E-state index is 12.4. The van der Waals surface area contributed by atoms with Crippen molar-refractivity contribution >= 4 is 19.8 Å². The third-order valence-electron chi connectivity index (χ3n) is 9.36. The summed E-state index contributed by atoms with van der Waals surface area (Å²) in [6.07, 6.45) is 42.9. The fourth-order valence-electron chi connectivity index (χ4n) is 6.04. The third kappa shape index (κ3) is 42.9. The summed E-state index contributed by atoms with van der Waals surface area (Å²) in [5.74, 6) is -0.177. The van der Waals surface area contributed by atoms with Crippen LogP contribution in [0.4, 0.5) is 0 Å². The number of ether oxygens (including phenoxy) is 2. The summed E-state index contributed by atoms with van der Waals surface area (Å²) in [6, 6.07) is 0. The topological polar surface area (TPSA) is 140 Å². The molecule has 3 N–H and O–H groups in total. The molecular weight excluding hydrogens is 715 g/mol. The van der Waals surface area contributed by atoms with E-state index in [-0.39, 0.29) is 19.4 Å². The first kappa shape index (κ1) is 53.0. The molecule has 0 fully saturated rings. The predicted molar refractivity (Wildman–Crippen MR) is 227 cm³/mol. The lowest BCUT2D eigenvalue weighted by Crippen LogP contribution is -2.29. The van der Waals surface area contributed by atoms with Crippen LogP contribution in [0.5, 0.6) is 0 Å². The molecule has 320 valence electrons. The van der Waals surface area contributed by atoms with Crippen molar-refractivity contribution in [2.45, 2.75) is 206 Å². The molecule has 0 aliphatic carbocycles. The van der Waals surface area contributed by atoms with Crippen molar-refractivity contribution in [2.75, 3.05) is 13.2 Å². The zero-order valence-electron chi connectivity index (χ0n) is 35.1. The van der Waals surface area contributed by atoms with E-state index < -0.39 is 38.6 Å². The molecule has 0 spiro atoms. The van der Waals surface area contributed by atoms with Gasteiger partial charge in [-0.15, -0.1) is 0 Å². The quantitative estimate of drug-likeness (QED) is 0.0182. The van der Waals surface area contributed by atoms with E-state index in [0.717, 1.165) is 38.0 Å². The van der Waals surface area contributed by atoms with Gasteiger partial charge in [-0.05, 0) is 50.9 Å². The van der Waals surface area contributed by atoms with Gasteiger partial charge >= 0.3 is 19.8 Å². The van der Waals surface area contributed by atoms with Crippen LogP contribution >= 0.6 is 7.82 Å². The van der Waals surface area contributed by atoms with Crippen LogP contribution in [0, 0.1) is 5.92 Å². The highest BCUT2D eigenvalue weighted by molar-refractivity contribution is 7.46. The fraction of sp³-hybridized carbons (Fsp3) is 0.778. The summed E-state index contributed by atoms with van der Waals surface area (Å²) in [4.78, 5) is 42.9. The molecule has 10 heteroatoms.